The first kappa shape index (κ1) is 23.7. The topological polar surface area (TPSA) is 77.9 Å². The van der Waals surface area contributed by atoms with Gasteiger partial charge in [-0.1, -0.05) is 18.1 Å². The summed E-state index contributed by atoms with van der Waals surface area (Å²) in [5.41, 5.74) is 6.65. The molecule has 0 radical (unpaired) electrons. The molecule has 7 nitrogen and oxygen atoms in total. The third kappa shape index (κ3) is 5.01. The van der Waals surface area contributed by atoms with E-state index < -0.39 is 5.97 Å². The van der Waals surface area contributed by atoms with E-state index >= 15 is 0 Å². The highest BCUT2D eigenvalue weighted by molar-refractivity contribution is 5.93. The predicted octanol–water partition coefficient (Wildman–Crippen LogP) is 4.67. The van der Waals surface area contributed by atoms with Crippen LogP contribution < -0.4 is 15.1 Å². The Bertz CT molecular complexity index is 1080. The molecule has 0 saturated carbocycles. The van der Waals surface area contributed by atoms with E-state index in [9.17, 15) is 9.90 Å². The SMILES string of the molecule is C[C@@H]1CC2=C(CC[C@H]2CNc2cnccc2C(=O)O)CC1N(C)c1ccc(N2CCOCC2)cc1. The molecule has 1 aromatic carbocycles. The molecule has 0 amide bonds. The van der Waals surface area contributed by atoms with E-state index in [1.165, 1.54) is 17.6 Å². The normalized spacial score (nSPS) is 24.3. The van der Waals surface area contributed by atoms with Crippen molar-refractivity contribution in [2.24, 2.45) is 11.8 Å². The van der Waals surface area contributed by atoms with Crippen LogP contribution in [-0.2, 0) is 4.74 Å². The Balaban J connectivity index is 1.23. The van der Waals surface area contributed by atoms with Gasteiger partial charge in [-0.25, -0.2) is 4.79 Å². The molecule has 3 aliphatic rings. The number of aromatic nitrogens is 1. The largest absolute Gasteiger partial charge is 0.478 e. The maximum atomic E-state index is 11.5. The number of carboxylic acids is 1. The molecule has 1 unspecified atom stereocenters. The van der Waals surface area contributed by atoms with Crippen molar-refractivity contribution in [1.29, 1.82) is 0 Å². The summed E-state index contributed by atoms with van der Waals surface area (Å²) in [4.78, 5) is 20.5. The Morgan fingerprint density at radius 1 is 1.20 bits per heavy atom. The second-order valence-electron chi connectivity index (χ2n) is 10.2. The average molecular weight is 477 g/mol. The van der Waals surface area contributed by atoms with Crippen LogP contribution in [0, 0.1) is 11.8 Å². The van der Waals surface area contributed by atoms with Crippen molar-refractivity contribution in [1.82, 2.24) is 4.98 Å². The van der Waals surface area contributed by atoms with E-state index in [-0.39, 0.29) is 5.56 Å². The maximum Gasteiger partial charge on any atom is 0.337 e. The number of nitrogens with zero attached hydrogens (tertiary/aromatic N) is 3. The Morgan fingerprint density at radius 3 is 2.71 bits per heavy atom. The minimum Gasteiger partial charge on any atom is -0.478 e. The van der Waals surface area contributed by atoms with Crippen molar-refractivity contribution in [2.45, 2.75) is 38.6 Å². The minimum atomic E-state index is -0.920. The summed E-state index contributed by atoms with van der Waals surface area (Å²) in [6.07, 6.45) is 7.65. The second-order valence-corrected chi connectivity index (χ2v) is 10.2. The molecular formula is C28H36N4O3. The van der Waals surface area contributed by atoms with Crippen molar-refractivity contribution < 1.29 is 14.6 Å². The van der Waals surface area contributed by atoms with E-state index in [2.05, 4.69) is 58.3 Å². The van der Waals surface area contributed by atoms with Gasteiger partial charge in [0.2, 0.25) is 0 Å². The van der Waals surface area contributed by atoms with Gasteiger partial charge in [0.05, 0.1) is 30.7 Å². The molecule has 1 aromatic heterocycles. The number of hydrogen-bond donors (Lipinski definition) is 2. The molecule has 2 heterocycles. The van der Waals surface area contributed by atoms with Crippen molar-refractivity contribution in [2.75, 3.05) is 55.0 Å². The first-order valence-corrected chi connectivity index (χ1v) is 12.8. The van der Waals surface area contributed by atoms with Gasteiger partial charge in [0.1, 0.15) is 0 Å². The molecule has 35 heavy (non-hydrogen) atoms. The van der Waals surface area contributed by atoms with E-state index in [4.69, 9.17) is 4.74 Å². The van der Waals surface area contributed by atoms with Crippen molar-refractivity contribution >= 4 is 23.0 Å². The summed E-state index contributed by atoms with van der Waals surface area (Å²) in [7, 11) is 2.24. The number of carboxylic acid groups (broad SMARTS) is 1. The van der Waals surface area contributed by atoms with Crippen LogP contribution in [0.15, 0.2) is 53.9 Å². The Kier molecular flexibility index (Phi) is 6.95. The highest BCUT2D eigenvalue weighted by Gasteiger charge is 2.36. The number of aromatic carboxylic acids is 1. The molecule has 2 aromatic rings. The Hall–Kier alpha value is -3.06. The summed E-state index contributed by atoms with van der Waals surface area (Å²) in [6.45, 7) is 6.66. The Morgan fingerprint density at radius 2 is 1.97 bits per heavy atom. The monoisotopic (exact) mass is 476 g/mol. The number of pyridine rings is 1. The van der Waals surface area contributed by atoms with Crippen LogP contribution in [-0.4, -0.2) is 62.0 Å². The standard InChI is InChI=1S/C28H36N4O3/c1-19-15-25-20(3-4-21(25)17-30-26-18-29-10-9-24(26)28(33)34)16-27(19)31(2)22-5-7-23(8-6-22)32-11-13-35-14-12-32/h5-10,18-19,21,27,30H,3-4,11-17H2,1-2H3,(H,33,34)/t19-,21+,27?/m1/s1. The lowest BCUT2D eigenvalue weighted by Gasteiger charge is -2.39. The van der Waals surface area contributed by atoms with Crippen molar-refractivity contribution in [3.05, 3.63) is 59.4 Å². The molecule has 3 atom stereocenters. The number of nitrogens with one attached hydrogen (secondary N) is 1. The van der Waals surface area contributed by atoms with Crippen LogP contribution >= 0.6 is 0 Å². The highest BCUT2D eigenvalue weighted by atomic mass is 16.5. The summed E-state index contributed by atoms with van der Waals surface area (Å²) in [5, 5.41) is 12.8. The Labute approximate surface area is 207 Å². The van der Waals surface area contributed by atoms with Gasteiger partial charge in [-0.15, -0.1) is 0 Å². The predicted molar refractivity (Wildman–Crippen MR) is 139 cm³/mol. The fourth-order valence-corrected chi connectivity index (χ4v) is 6.06. The van der Waals surface area contributed by atoms with E-state index in [0.29, 0.717) is 23.6 Å². The molecule has 5 rings (SSSR count). The molecule has 7 heteroatoms. The van der Waals surface area contributed by atoms with Gasteiger partial charge in [0.15, 0.2) is 0 Å². The van der Waals surface area contributed by atoms with Gasteiger partial charge in [-0.3, -0.25) is 4.98 Å². The zero-order valence-electron chi connectivity index (χ0n) is 20.7. The average Bonchev–Trinajstić information content (AvgIpc) is 3.28. The van der Waals surface area contributed by atoms with Gasteiger partial charge in [-0.05, 0) is 67.9 Å². The number of rotatable bonds is 7. The van der Waals surface area contributed by atoms with E-state index in [1.807, 2.05) is 0 Å². The fourth-order valence-electron chi connectivity index (χ4n) is 6.06. The number of carbonyl (C=O) groups is 1. The van der Waals surface area contributed by atoms with Gasteiger partial charge in [0, 0.05) is 50.3 Å². The molecule has 1 saturated heterocycles. The van der Waals surface area contributed by atoms with Gasteiger partial charge in [0.25, 0.3) is 0 Å². The zero-order valence-corrected chi connectivity index (χ0v) is 20.7. The molecule has 0 spiro atoms. The van der Waals surface area contributed by atoms with Crippen LogP contribution in [0.1, 0.15) is 43.0 Å². The maximum absolute atomic E-state index is 11.5. The summed E-state index contributed by atoms with van der Waals surface area (Å²) < 4.78 is 5.48. The first-order valence-electron chi connectivity index (χ1n) is 12.8. The number of morpholine rings is 1. The lowest BCUT2D eigenvalue weighted by Crippen LogP contribution is -2.40. The number of hydrogen-bond acceptors (Lipinski definition) is 6. The zero-order chi connectivity index (χ0) is 24.4. The fraction of sp³-hybridized carbons (Fsp3) is 0.500. The third-order valence-electron chi connectivity index (χ3n) is 8.12. The van der Waals surface area contributed by atoms with Crippen molar-refractivity contribution in [3.8, 4) is 0 Å². The molecule has 186 valence electrons. The van der Waals surface area contributed by atoms with E-state index in [1.54, 1.807) is 23.4 Å². The minimum absolute atomic E-state index is 0.283. The van der Waals surface area contributed by atoms with Crippen LogP contribution in [0.5, 0.6) is 0 Å². The summed E-state index contributed by atoms with van der Waals surface area (Å²) >= 11 is 0. The molecule has 2 N–H and O–H groups in total. The van der Waals surface area contributed by atoms with Crippen molar-refractivity contribution in [3.63, 3.8) is 0 Å². The quantitative estimate of drug-likeness (QED) is 0.562. The van der Waals surface area contributed by atoms with Crippen LogP contribution in [0.3, 0.4) is 0 Å². The molecule has 0 bridgehead atoms. The number of ether oxygens (including phenoxy) is 1. The summed E-state index contributed by atoms with van der Waals surface area (Å²) in [6, 6.07) is 11.1. The first-order chi connectivity index (χ1) is 17.0. The van der Waals surface area contributed by atoms with Gasteiger partial charge >= 0.3 is 5.97 Å². The highest BCUT2D eigenvalue weighted by Crippen LogP contribution is 2.45. The smallest absolute Gasteiger partial charge is 0.337 e. The second kappa shape index (κ2) is 10.3. The van der Waals surface area contributed by atoms with Crippen LogP contribution in [0.4, 0.5) is 17.1 Å². The molecule has 1 aliphatic heterocycles. The summed E-state index contributed by atoms with van der Waals surface area (Å²) in [5.74, 6) is 0.107. The number of anilines is 3. The van der Waals surface area contributed by atoms with Crippen LogP contribution in [0.2, 0.25) is 0 Å². The molecule has 1 fully saturated rings. The van der Waals surface area contributed by atoms with E-state index in [0.717, 1.165) is 58.5 Å². The van der Waals surface area contributed by atoms with Gasteiger partial charge in [-0.2, -0.15) is 0 Å². The lowest BCUT2D eigenvalue weighted by atomic mass is 9.79. The lowest BCUT2D eigenvalue weighted by molar-refractivity contribution is 0.0697. The molecular weight excluding hydrogens is 440 g/mol. The number of benzene rings is 1. The molecule has 2 aliphatic carbocycles. The van der Waals surface area contributed by atoms with Crippen LogP contribution in [0.25, 0.3) is 0 Å². The third-order valence-corrected chi connectivity index (χ3v) is 8.12. The van der Waals surface area contributed by atoms with Gasteiger partial charge < -0.3 is 25.0 Å².